The number of aliphatic hydroxyl groups excluding tert-OH is 2. The number of aromatic nitrogens is 1. The van der Waals surface area contributed by atoms with E-state index in [4.69, 9.17) is 4.74 Å². The summed E-state index contributed by atoms with van der Waals surface area (Å²) in [6, 6.07) is 7.60. The van der Waals surface area contributed by atoms with Gasteiger partial charge in [-0.15, -0.1) is 0 Å². The standard InChI is InChI=1S/C21H24FN3O5/c1-30-9-6-23-21(28)17-13-25(29,7-8-26)18-11-15(12-24-19(18)20(17)27)10-14-2-4-16(22)5-3-14/h2-5,11-12,26-27H,6-10,13H2,1H3,(H,23,28). The van der Waals surface area contributed by atoms with Crippen molar-refractivity contribution in [3.05, 3.63) is 69.9 Å². The van der Waals surface area contributed by atoms with Gasteiger partial charge >= 0.3 is 0 Å². The smallest absolute Gasteiger partial charge is 0.256 e. The number of methoxy groups -OCH3 is 1. The van der Waals surface area contributed by atoms with Crippen LogP contribution in [-0.2, 0) is 16.0 Å². The lowest BCUT2D eigenvalue weighted by Gasteiger charge is -2.44. The second-order valence-electron chi connectivity index (χ2n) is 7.09. The first-order valence-electron chi connectivity index (χ1n) is 9.50. The fourth-order valence-electron chi connectivity index (χ4n) is 3.39. The van der Waals surface area contributed by atoms with Gasteiger partial charge in [-0.25, -0.2) is 9.37 Å². The van der Waals surface area contributed by atoms with Crippen molar-refractivity contribution in [2.45, 2.75) is 6.42 Å². The summed E-state index contributed by atoms with van der Waals surface area (Å²) < 4.78 is 17.0. The Kier molecular flexibility index (Phi) is 6.78. The molecule has 160 valence electrons. The van der Waals surface area contributed by atoms with E-state index in [1.54, 1.807) is 18.2 Å². The maximum atomic E-state index is 13.5. The maximum absolute atomic E-state index is 13.5. The molecule has 1 aromatic carbocycles. The zero-order valence-electron chi connectivity index (χ0n) is 16.6. The van der Waals surface area contributed by atoms with Crippen molar-refractivity contribution in [2.24, 2.45) is 0 Å². The molecule has 0 spiro atoms. The topological polar surface area (TPSA) is 115 Å². The number of halogens is 1. The number of hydroxylamine groups is 2. The van der Waals surface area contributed by atoms with Crippen LogP contribution in [0.15, 0.2) is 42.1 Å². The zero-order chi connectivity index (χ0) is 21.7. The Labute approximate surface area is 173 Å². The number of fused-ring (bicyclic) bond motifs is 1. The monoisotopic (exact) mass is 417 g/mol. The van der Waals surface area contributed by atoms with Crippen molar-refractivity contribution >= 4 is 17.4 Å². The second kappa shape index (κ2) is 9.31. The van der Waals surface area contributed by atoms with Crippen molar-refractivity contribution in [3.63, 3.8) is 0 Å². The van der Waals surface area contributed by atoms with Gasteiger partial charge in [0, 0.05) is 25.9 Å². The molecule has 1 unspecified atom stereocenters. The molecule has 0 saturated heterocycles. The molecule has 1 atom stereocenters. The number of hydrogen-bond acceptors (Lipinski definition) is 6. The Hall–Kier alpha value is -2.85. The van der Waals surface area contributed by atoms with E-state index in [0.29, 0.717) is 12.0 Å². The van der Waals surface area contributed by atoms with E-state index in [1.165, 1.54) is 25.4 Å². The van der Waals surface area contributed by atoms with E-state index < -0.39 is 17.2 Å². The van der Waals surface area contributed by atoms with Gasteiger partial charge in [0.15, 0.2) is 17.1 Å². The summed E-state index contributed by atoms with van der Waals surface area (Å²) in [7, 11) is 1.49. The molecule has 0 aliphatic carbocycles. The molecule has 0 bridgehead atoms. The Balaban J connectivity index is 1.96. The third-order valence-corrected chi connectivity index (χ3v) is 4.94. The van der Waals surface area contributed by atoms with Crippen LogP contribution in [0, 0.1) is 11.0 Å². The van der Waals surface area contributed by atoms with Crippen LogP contribution in [0.25, 0.3) is 5.76 Å². The molecule has 0 fully saturated rings. The number of nitrogens with zero attached hydrogens (tertiary/aromatic N) is 2. The SMILES string of the molecule is COCCNC(=O)C1=C(O)c2ncc(Cc3ccc(F)cc3)cc2[N+]([O-])(CCO)C1. The highest BCUT2D eigenvalue weighted by atomic mass is 19.1. The first-order valence-corrected chi connectivity index (χ1v) is 9.50. The van der Waals surface area contributed by atoms with Crippen molar-refractivity contribution < 1.29 is 24.1 Å². The summed E-state index contributed by atoms with van der Waals surface area (Å²) in [5.74, 6) is -1.27. The second-order valence-corrected chi connectivity index (χ2v) is 7.09. The van der Waals surface area contributed by atoms with E-state index in [9.17, 15) is 24.6 Å². The summed E-state index contributed by atoms with van der Waals surface area (Å²) in [6.45, 7) is -0.418. The van der Waals surface area contributed by atoms with E-state index in [2.05, 4.69) is 10.3 Å². The molecule has 0 radical (unpaired) electrons. The minimum absolute atomic E-state index is 0.0180. The molecule has 3 rings (SSSR count). The number of nitrogens with one attached hydrogen (secondary N) is 1. The third kappa shape index (κ3) is 4.65. The first-order chi connectivity index (χ1) is 14.4. The van der Waals surface area contributed by atoms with Crippen molar-refractivity contribution in [1.29, 1.82) is 0 Å². The Morgan fingerprint density at radius 3 is 2.73 bits per heavy atom. The minimum Gasteiger partial charge on any atom is -0.627 e. The normalized spacial score (nSPS) is 18.3. The molecule has 1 aliphatic heterocycles. The van der Waals surface area contributed by atoms with Crippen LogP contribution in [0.3, 0.4) is 0 Å². The number of ether oxygens (including phenoxy) is 1. The Morgan fingerprint density at radius 2 is 2.07 bits per heavy atom. The van der Waals surface area contributed by atoms with Gasteiger partial charge in [0.2, 0.25) is 0 Å². The van der Waals surface area contributed by atoms with E-state index in [1.807, 2.05) is 0 Å². The van der Waals surface area contributed by atoms with Crippen LogP contribution in [-0.4, -0.2) is 61.1 Å². The number of rotatable bonds is 8. The molecule has 8 nitrogen and oxygen atoms in total. The summed E-state index contributed by atoms with van der Waals surface area (Å²) in [5.41, 5.74) is 1.63. The lowest BCUT2D eigenvalue weighted by molar-refractivity contribution is -0.117. The fourth-order valence-corrected chi connectivity index (χ4v) is 3.39. The van der Waals surface area contributed by atoms with Crippen LogP contribution in [0.5, 0.6) is 0 Å². The number of carbonyl (C=O) groups excluding carboxylic acids is 1. The molecular formula is C21H24FN3O5. The average molecular weight is 417 g/mol. The quantitative estimate of drug-likeness (QED) is 0.342. The molecule has 2 heterocycles. The lowest BCUT2D eigenvalue weighted by atomic mass is 10.00. The van der Waals surface area contributed by atoms with Gasteiger partial charge in [-0.1, -0.05) is 12.1 Å². The van der Waals surface area contributed by atoms with Gasteiger partial charge in [-0.2, -0.15) is 0 Å². The molecule has 30 heavy (non-hydrogen) atoms. The number of quaternary nitrogens is 1. The third-order valence-electron chi connectivity index (χ3n) is 4.94. The lowest BCUT2D eigenvalue weighted by Crippen LogP contribution is -2.51. The summed E-state index contributed by atoms with van der Waals surface area (Å²) >= 11 is 0. The zero-order valence-corrected chi connectivity index (χ0v) is 16.6. The van der Waals surface area contributed by atoms with Gasteiger partial charge in [-0.3, -0.25) is 4.79 Å². The van der Waals surface area contributed by atoms with Crippen LogP contribution in [0.1, 0.15) is 16.8 Å². The van der Waals surface area contributed by atoms with Crippen LogP contribution in [0.2, 0.25) is 0 Å². The summed E-state index contributed by atoms with van der Waals surface area (Å²) in [5, 5.41) is 36.2. The van der Waals surface area contributed by atoms with Crippen molar-refractivity contribution in [2.75, 3.05) is 40.0 Å². The van der Waals surface area contributed by atoms with Crippen LogP contribution >= 0.6 is 0 Å². The highest BCUT2D eigenvalue weighted by Crippen LogP contribution is 2.37. The number of carbonyl (C=O) groups is 1. The van der Waals surface area contributed by atoms with Crippen LogP contribution in [0.4, 0.5) is 10.1 Å². The molecular weight excluding hydrogens is 393 g/mol. The molecule has 1 aliphatic rings. The summed E-state index contributed by atoms with van der Waals surface area (Å²) in [4.78, 5) is 16.7. The highest BCUT2D eigenvalue weighted by Gasteiger charge is 2.37. The number of pyridine rings is 1. The first kappa shape index (κ1) is 21.8. The molecule has 0 saturated carbocycles. The minimum atomic E-state index is -1.02. The van der Waals surface area contributed by atoms with Gasteiger partial charge in [-0.05, 0) is 29.7 Å². The number of benzene rings is 1. The van der Waals surface area contributed by atoms with E-state index in [-0.39, 0.29) is 54.8 Å². The molecule has 2 aromatic rings. The predicted octanol–water partition coefficient (Wildman–Crippen LogP) is 1.65. The molecule has 1 aromatic heterocycles. The van der Waals surface area contributed by atoms with Gasteiger partial charge in [0.25, 0.3) is 5.91 Å². The largest absolute Gasteiger partial charge is 0.627 e. The maximum Gasteiger partial charge on any atom is 0.256 e. The molecule has 9 heteroatoms. The predicted molar refractivity (Wildman–Crippen MR) is 110 cm³/mol. The van der Waals surface area contributed by atoms with E-state index >= 15 is 0 Å². The van der Waals surface area contributed by atoms with Crippen LogP contribution < -0.4 is 9.96 Å². The Bertz CT molecular complexity index is 948. The van der Waals surface area contributed by atoms with E-state index in [0.717, 1.165) is 5.56 Å². The van der Waals surface area contributed by atoms with Crippen molar-refractivity contribution in [1.82, 2.24) is 14.9 Å². The highest BCUT2D eigenvalue weighted by molar-refractivity contribution is 6.02. The van der Waals surface area contributed by atoms with Gasteiger partial charge in [0.1, 0.15) is 24.5 Å². The number of aliphatic hydroxyl groups is 2. The fraction of sp³-hybridized carbons (Fsp3) is 0.333. The molecule has 1 amide bonds. The van der Waals surface area contributed by atoms with Gasteiger partial charge in [0.05, 0.1) is 13.2 Å². The summed E-state index contributed by atoms with van der Waals surface area (Å²) in [6.07, 6.45) is 1.92. The van der Waals surface area contributed by atoms with Crippen molar-refractivity contribution in [3.8, 4) is 0 Å². The number of amides is 1. The number of hydrogen-bond donors (Lipinski definition) is 3. The van der Waals surface area contributed by atoms with Gasteiger partial charge < -0.3 is 30.1 Å². The Morgan fingerprint density at radius 1 is 1.33 bits per heavy atom. The molecule has 3 N–H and O–H groups in total. The average Bonchev–Trinajstić information content (AvgIpc) is 2.73.